The molecular formula is C13H17FN2O4. The minimum absolute atomic E-state index is 0.116. The Morgan fingerprint density at radius 1 is 1.55 bits per heavy atom. The molecule has 0 amide bonds. The third kappa shape index (κ3) is 2.73. The molecule has 0 heterocycles. The summed E-state index contributed by atoms with van der Waals surface area (Å²) < 4.78 is 24.8. The van der Waals surface area contributed by atoms with Crippen molar-refractivity contribution >= 4 is 5.69 Å². The van der Waals surface area contributed by atoms with Crippen LogP contribution in [0, 0.1) is 15.9 Å². The maximum atomic E-state index is 13.7. The van der Waals surface area contributed by atoms with Crippen LogP contribution in [0.5, 0.6) is 5.75 Å². The fraction of sp³-hybridized carbons (Fsp3) is 0.538. The Labute approximate surface area is 116 Å². The van der Waals surface area contributed by atoms with Crippen molar-refractivity contribution in [2.75, 3.05) is 13.7 Å². The van der Waals surface area contributed by atoms with Gasteiger partial charge in [0, 0.05) is 25.1 Å². The minimum atomic E-state index is -0.734. The highest BCUT2D eigenvalue weighted by Crippen LogP contribution is 2.35. The van der Waals surface area contributed by atoms with E-state index in [9.17, 15) is 14.5 Å². The zero-order valence-corrected chi connectivity index (χ0v) is 11.3. The molecule has 0 radical (unpaired) electrons. The van der Waals surface area contributed by atoms with Crippen molar-refractivity contribution in [1.29, 1.82) is 0 Å². The predicted molar refractivity (Wildman–Crippen MR) is 70.3 cm³/mol. The van der Waals surface area contributed by atoms with Gasteiger partial charge in [0.25, 0.3) is 0 Å². The highest BCUT2D eigenvalue weighted by molar-refractivity contribution is 5.47. The fourth-order valence-electron chi connectivity index (χ4n) is 2.30. The number of halogens is 1. The summed E-state index contributed by atoms with van der Waals surface area (Å²) in [4.78, 5) is 10.3. The molecule has 1 aliphatic carbocycles. The first-order chi connectivity index (χ1) is 9.58. The van der Waals surface area contributed by atoms with Crippen LogP contribution in [0.15, 0.2) is 18.2 Å². The van der Waals surface area contributed by atoms with E-state index in [4.69, 9.17) is 9.47 Å². The summed E-state index contributed by atoms with van der Waals surface area (Å²) in [6.45, 7) is 2.36. The molecule has 1 saturated carbocycles. The van der Waals surface area contributed by atoms with Crippen LogP contribution in [0.4, 0.5) is 10.1 Å². The average molecular weight is 284 g/mol. The van der Waals surface area contributed by atoms with Crippen molar-refractivity contribution in [1.82, 2.24) is 5.32 Å². The van der Waals surface area contributed by atoms with E-state index in [-0.39, 0.29) is 29.7 Å². The molecule has 0 aliphatic heterocycles. The van der Waals surface area contributed by atoms with Crippen molar-refractivity contribution < 1.29 is 18.8 Å². The summed E-state index contributed by atoms with van der Waals surface area (Å²) in [5, 5.41) is 14.0. The summed E-state index contributed by atoms with van der Waals surface area (Å²) >= 11 is 0. The Kier molecular flexibility index (Phi) is 4.51. The predicted octanol–water partition coefficient (Wildman–Crippen LogP) is 1.88. The molecule has 0 saturated heterocycles. The second-order valence-electron chi connectivity index (χ2n) is 4.55. The number of nitro groups is 1. The van der Waals surface area contributed by atoms with Gasteiger partial charge in [-0.2, -0.15) is 0 Å². The van der Waals surface area contributed by atoms with Gasteiger partial charge in [-0.3, -0.25) is 10.1 Å². The largest absolute Gasteiger partial charge is 0.479 e. The van der Waals surface area contributed by atoms with Gasteiger partial charge < -0.3 is 14.8 Å². The first kappa shape index (κ1) is 14.7. The third-order valence-corrected chi connectivity index (χ3v) is 3.39. The third-order valence-electron chi connectivity index (χ3n) is 3.39. The van der Waals surface area contributed by atoms with Crippen LogP contribution in [-0.4, -0.2) is 36.8 Å². The van der Waals surface area contributed by atoms with Crippen LogP contribution in [0.1, 0.15) is 13.3 Å². The monoisotopic (exact) mass is 284 g/mol. The molecule has 1 aromatic rings. The number of rotatable bonds is 6. The molecule has 0 aromatic heterocycles. The normalized spacial score (nSPS) is 25.1. The van der Waals surface area contributed by atoms with Gasteiger partial charge in [0.15, 0.2) is 5.82 Å². The Balaban J connectivity index is 2.16. The van der Waals surface area contributed by atoms with E-state index < -0.39 is 10.7 Å². The van der Waals surface area contributed by atoms with Crippen molar-refractivity contribution in [3.8, 4) is 5.75 Å². The lowest BCUT2D eigenvalue weighted by Crippen LogP contribution is -2.60. The van der Waals surface area contributed by atoms with Crippen LogP contribution < -0.4 is 10.1 Å². The molecule has 20 heavy (non-hydrogen) atoms. The molecule has 0 bridgehead atoms. The quantitative estimate of drug-likeness (QED) is 0.637. The van der Waals surface area contributed by atoms with E-state index in [0.29, 0.717) is 13.0 Å². The Hall–Kier alpha value is -1.73. The van der Waals surface area contributed by atoms with Gasteiger partial charge in [-0.05, 0) is 20.0 Å². The Bertz CT molecular complexity index is 497. The number of hydrogen-bond acceptors (Lipinski definition) is 5. The van der Waals surface area contributed by atoms with E-state index >= 15 is 0 Å². The van der Waals surface area contributed by atoms with Crippen molar-refractivity contribution in [2.24, 2.45) is 0 Å². The number of nitrogens with zero attached hydrogens (tertiary/aromatic N) is 1. The summed E-state index contributed by atoms with van der Waals surface area (Å²) in [7, 11) is 1.80. The topological polar surface area (TPSA) is 73.6 Å². The summed E-state index contributed by atoms with van der Waals surface area (Å²) in [6.07, 6.45) is -0.000610. The number of nitro benzene ring substituents is 1. The van der Waals surface area contributed by atoms with E-state index in [1.807, 2.05) is 6.92 Å². The van der Waals surface area contributed by atoms with Gasteiger partial charge in [0.1, 0.15) is 12.2 Å². The smallest absolute Gasteiger partial charge is 0.314 e. The van der Waals surface area contributed by atoms with Crippen molar-refractivity contribution in [3.63, 3.8) is 0 Å². The first-order valence-corrected chi connectivity index (χ1v) is 6.46. The molecule has 1 N–H and O–H groups in total. The van der Waals surface area contributed by atoms with Gasteiger partial charge in [0.2, 0.25) is 5.75 Å². The molecule has 7 heteroatoms. The van der Waals surface area contributed by atoms with Crippen LogP contribution in [0.2, 0.25) is 0 Å². The first-order valence-electron chi connectivity index (χ1n) is 6.46. The Morgan fingerprint density at radius 2 is 2.30 bits per heavy atom. The number of para-hydroxylation sites is 1. The lowest BCUT2D eigenvalue weighted by Gasteiger charge is -2.43. The summed E-state index contributed by atoms with van der Waals surface area (Å²) in [5.41, 5.74) is -0.367. The lowest BCUT2D eigenvalue weighted by molar-refractivity contribution is -0.386. The molecule has 3 atom stereocenters. The summed E-state index contributed by atoms with van der Waals surface area (Å²) in [5.74, 6) is -1.05. The number of ether oxygens (including phenoxy) is 2. The molecule has 3 unspecified atom stereocenters. The van der Waals surface area contributed by atoms with Crippen LogP contribution in [0.3, 0.4) is 0 Å². The van der Waals surface area contributed by atoms with E-state index in [1.165, 1.54) is 12.1 Å². The second-order valence-corrected chi connectivity index (χ2v) is 4.55. The highest BCUT2D eigenvalue weighted by Gasteiger charge is 2.44. The molecule has 1 fully saturated rings. The molecule has 110 valence electrons. The van der Waals surface area contributed by atoms with E-state index in [2.05, 4.69) is 5.32 Å². The number of nitrogens with one attached hydrogen (secondary N) is 1. The SMILES string of the molecule is CCOC1C(NC)CC1Oc1c(F)cccc1[N+](=O)[O-]. The average Bonchev–Trinajstić information content (AvgIpc) is 2.41. The second kappa shape index (κ2) is 6.15. The highest BCUT2D eigenvalue weighted by atomic mass is 19.1. The number of benzene rings is 1. The zero-order valence-electron chi connectivity index (χ0n) is 11.3. The molecule has 0 spiro atoms. The lowest BCUT2D eigenvalue weighted by atomic mass is 9.85. The summed E-state index contributed by atoms with van der Waals surface area (Å²) in [6, 6.07) is 3.78. The van der Waals surface area contributed by atoms with Crippen molar-refractivity contribution in [3.05, 3.63) is 34.1 Å². The molecule has 6 nitrogen and oxygen atoms in total. The zero-order chi connectivity index (χ0) is 14.7. The van der Waals surface area contributed by atoms with E-state index in [0.717, 1.165) is 6.07 Å². The standard InChI is InChI=1S/C13H17FN2O4/c1-3-19-13-9(15-2)7-11(13)20-12-8(14)5-4-6-10(12)16(17)18/h4-6,9,11,13,15H,3,7H2,1-2H3. The Morgan fingerprint density at radius 3 is 2.90 bits per heavy atom. The van der Waals surface area contributed by atoms with E-state index in [1.54, 1.807) is 7.05 Å². The maximum Gasteiger partial charge on any atom is 0.314 e. The molecule has 2 rings (SSSR count). The minimum Gasteiger partial charge on any atom is -0.479 e. The van der Waals surface area contributed by atoms with Crippen LogP contribution >= 0.6 is 0 Å². The van der Waals surface area contributed by atoms with Gasteiger partial charge >= 0.3 is 5.69 Å². The van der Waals surface area contributed by atoms with Crippen LogP contribution in [0.25, 0.3) is 0 Å². The van der Waals surface area contributed by atoms with Gasteiger partial charge in [0.05, 0.1) is 4.92 Å². The fourth-order valence-corrected chi connectivity index (χ4v) is 2.30. The van der Waals surface area contributed by atoms with Crippen LogP contribution in [-0.2, 0) is 4.74 Å². The maximum absolute atomic E-state index is 13.7. The number of likely N-dealkylation sites (N-methyl/N-ethyl adjacent to an activating group) is 1. The molecule has 1 aromatic carbocycles. The van der Waals surface area contributed by atoms with Gasteiger partial charge in [-0.15, -0.1) is 0 Å². The molecular weight excluding hydrogens is 267 g/mol. The van der Waals surface area contributed by atoms with Gasteiger partial charge in [-0.1, -0.05) is 6.07 Å². The van der Waals surface area contributed by atoms with Crippen molar-refractivity contribution in [2.45, 2.75) is 31.6 Å². The van der Waals surface area contributed by atoms with Gasteiger partial charge in [-0.25, -0.2) is 4.39 Å². The molecule has 1 aliphatic rings. The number of hydrogen-bond donors (Lipinski definition) is 1.